The molecule has 2 aromatic rings. The minimum Gasteiger partial charge on any atom is -0.508 e. The standard InChI is InChI=1S/C20H17FN4O2/c21-14-4-6-16(7-5-14)25-13-23-10-8-18(25)20(22)19(27)9-11-24-15-2-1-3-17(26)12-15/h1-12,22,24,26H,13H2/b11-9-,22-20?. The van der Waals surface area contributed by atoms with Crippen molar-refractivity contribution in [2.24, 2.45) is 4.99 Å². The molecule has 0 bridgehead atoms. The maximum Gasteiger partial charge on any atom is 0.207 e. The van der Waals surface area contributed by atoms with Crippen molar-refractivity contribution in [1.29, 1.82) is 5.41 Å². The van der Waals surface area contributed by atoms with Crippen molar-refractivity contribution in [3.63, 3.8) is 0 Å². The Morgan fingerprint density at radius 2 is 2.04 bits per heavy atom. The van der Waals surface area contributed by atoms with E-state index in [-0.39, 0.29) is 23.9 Å². The Morgan fingerprint density at radius 3 is 2.78 bits per heavy atom. The third-order valence-electron chi connectivity index (χ3n) is 3.82. The number of allylic oxidation sites excluding steroid dienone is 3. The fourth-order valence-electron chi connectivity index (χ4n) is 2.50. The normalized spacial score (nSPS) is 13.5. The first-order valence-electron chi connectivity index (χ1n) is 8.13. The van der Waals surface area contributed by atoms with Crippen molar-refractivity contribution in [1.82, 2.24) is 0 Å². The Morgan fingerprint density at radius 1 is 1.26 bits per heavy atom. The van der Waals surface area contributed by atoms with Crippen LogP contribution in [0.2, 0.25) is 0 Å². The highest BCUT2D eigenvalue weighted by molar-refractivity contribution is 6.49. The molecule has 1 aliphatic rings. The van der Waals surface area contributed by atoms with E-state index in [1.807, 2.05) is 0 Å². The number of rotatable bonds is 6. The minimum atomic E-state index is -0.503. The molecule has 6 nitrogen and oxygen atoms in total. The van der Waals surface area contributed by atoms with Crippen LogP contribution in [-0.2, 0) is 4.79 Å². The number of carbonyl (C=O) groups is 1. The first-order valence-corrected chi connectivity index (χ1v) is 8.13. The van der Waals surface area contributed by atoms with Gasteiger partial charge in [0.25, 0.3) is 0 Å². The van der Waals surface area contributed by atoms with Gasteiger partial charge in [-0.1, -0.05) is 6.07 Å². The Balaban J connectivity index is 1.71. The van der Waals surface area contributed by atoms with E-state index in [1.54, 1.807) is 35.2 Å². The van der Waals surface area contributed by atoms with Gasteiger partial charge >= 0.3 is 0 Å². The molecule has 27 heavy (non-hydrogen) atoms. The molecule has 1 aliphatic heterocycles. The lowest BCUT2D eigenvalue weighted by atomic mass is 10.1. The van der Waals surface area contributed by atoms with Crippen LogP contribution in [-0.4, -0.2) is 29.5 Å². The summed E-state index contributed by atoms with van der Waals surface area (Å²) in [6.45, 7) is 0.235. The second-order valence-electron chi connectivity index (χ2n) is 5.70. The molecule has 3 N–H and O–H groups in total. The second-order valence-corrected chi connectivity index (χ2v) is 5.70. The molecular weight excluding hydrogens is 347 g/mol. The predicted octanol–water partition coefficient (Wildman–Crippen LogP) is 3.48. The summed E-state index contributed by atoms with van der Waals surface area (Å²) in [7, 11) is 0. The molecule has 0 amide bonds. The number of aromatic hydroxyl groups is 1. The fourth-order valence-corrected chi connectivity index (χ4v) is 2.50. The first kappa shape index (κ1) is 18.1. The van der Waals surface area contributed by atoms with Gasteiger partial charge in [-0.05, 0) is 42.5 Å². The SMILES string of the molecule is N=C(C(=O)/C=C\Nc1cccc(O)c1)C1=CC=NCN1c1ccc(F)cc1. The van der Waals surface area contributed by atoms with Crippen molar-refractivity contribution in [3.05, 3.63) is 78.4 Å². The minimum absolute atomic E-state index is 0.106. The van der Waals surface area contributed by atoms with Crippen LogP contribution >= 0.6 is 0 Å². The van der Waals surface area contributed by atoms with Crippen molar-refractivity contribution in [2.45, 2.75) is 0 Å². The van der Waals surface area contributed by atoms with E-state index in [9.17, 15) is 14.3 Å². The number of hydrogen-bond acceptors (Lipinski definition) is 6. The number of phenolic OH excluding ortho intramolecular Hbond substituents is 1. The Kier molecular flexibility index (Phi) is 5.41. The molecule has 136 valence electrons. The molecule has 0 saturated carbocycles. The summed E-state index contributed by atoms with van der Waals surface area (Å²) >= 11 is 0. The van der Waals surface area contributed by atoms with Gasteiger partial charge in [0.15, 0.2) is 0 Å². The average molecular weight is 364 g/mol. The summed E-state index contributed by atoms with van der Waals surface area (Å²) in [6.07, 6.45) is 5.75. The van der Waals surface area contributed by atoms with Crippen LogP contribution in [0.3, 0.4) is 0 Å². The maximum absolute atomic E-state index is 13.2. The Hall–Kier alpha value is -3.74. The van der Waals surface area contributed by atoms with Gasteiger partial charge in [-0.15, -0.1) is 0 Å². The van der Waals surface area contributed by atoms with E-state index in [2.05, 4.69) is 10.3 Å². The largest absolute Gasteiger partial charge is 0.508 e. The molecular formula is C20H17FN4O2. The zero-order chi connectivity index (χ0) is 19.2. The summed E-state index contributed by atoms with van der Waals surface area (Å²) in [4.78, 5) is 18.1. The first-order chi connectivity index (χ1) is 13.0. The zero-order valence-corrected chi connectivity index (χ0v) is 14.3. The number of ketones is 1. The average Bonchev–Trinajstić information content (AvgIpc) is 2.68. The van der Waals surface area contributed by atoms with Crippen LogP contribution in [0.1, 0.15) is 0 Å². The van der Waals surface area contributed by atoms with Crippen molar-refractivity contribution >= 4 is 29.1 Å². The van der Waals surface area contributed by atoms with Gasteiger partial charge in [-0.2, -0.15) is 0 Å². The third kappa shape index (κ3) is 4.46. The van der Waals surface area contributed by atoms with Gasteiger partial charge in [-0.3, -0.25) is 15.2 Å². The molecule has 3 rings (SSSR count). The number of hydrogen-bond donors (Lipinski definition) is 3. The van der Waals surface area contributed by atoms with Crippen LogP contribution in [0.15, 0.2) is 77.6 Å². The van der Waals surface area contributed by atoms with Crippen LogP contribution in [0.4, 0.5) is 15.8 Å². The highest BCUT2D eigenvalue weighted by Crippen LogP contribution is 2.22. The quantitative estimate of drug-likeness (QED) is 0.541. The summed E-state index contributed by atoms with van der Waals surface area (Å²) in [5.41, 5.74) is 1.42. The number of halogens is 1. The van der Waals surface area contributed by atoms with E-state index in [0.29, 0.717) is 17.1 Å². The zero-order valence-electron chi connectivity index (χ0n) is 14.3. The molecule has 0 fully saturated rings. The number of anilines is 2. The predicted molar refractivity (Wildman–Crippen MR) is 104 cm³/mol. The Labute approximate surface area is 155 Å². The smallest absolute Gasteiger partial charge is 0.207 e. The van der Waals surface area contributed by atoms with E-state index in [1.165, 1.54) is 42.8 Å². The van der Waals surface area contributed by atoms with Crippen LogP contribution in [0, 0.1) is 11.2 Å². The third-order valence-corrected chi connectivity index (χ3v) is 3.82. The van der Waals surface area contributed by atoms with Crippen LogP contribution in [0.5, 0.6) is 5.75 Å². The molecule has 0 aromatic heterocycles. The number of carbonyl (C=O) groups excluding carboxylic acids is 1. The summed E-state index contributed by atoms with van der Waals surface area (Å²) in [5.74, 6) is -0.762. The molecule has 0 saturated heterocycles. The molecule has 1 heterocycles. The number of phenols is 1. The maximum atomic E-state index is 13.2. The van der Waals surface area contributed by atoms with Gasteiger partial charge in [0.05, 0.1) is 5.70 Å². The van der Waals surface area contributed by atoms with Gasteiger partial charge in [0, 0.05) is 35.9 Å². The second kappa shape index (κ2) is 8.09. The summed E-state index contributed by atoms with van der Waals surface area (Å²) < 4.78 is 13.2. The van der Waals surface area contributed by atoms with Crippen molar-refractivity contribution in [2.75, 3.05) is 16.9 Å². The van der Waals surface area contributed by atoms with Gasteiger partial charge in [-0.25, -0.2) is 4.39 Å². The lowest BCUT2D eigenvalue weighted by molar-refractivity contribution is -0.108. The number of nitrogens with one attached hydrogen (secondary N) is 2. The molecule has 0 radical (unpaired) electrons. The van der Waals surface area contributed by atoms with E-state index in [4.69, 9.17) is 5.41 Å². The van der Waals surface area contributed by atoms with Gasteiger partial charge < -0.3 is 15.3 Å². The lowest BCUT2D eigenvalue weighted by Crippen LogP contribution is -2.32. The van der Waals surface area contributed by atoms with E-state index in [0.717, 1.165) is 0 Å². The summed E-state index contributed by atoms with van der Waals surface area (Å²) in [6, 6.07) is 12.2. The fraction of sp³-hybridized carbons (Fsp3) is 0.0500. The highest BCUT2D eigenvalue weighted by atomic mass is 19.1. The van der Waals surface area contributed by atoms with E-state index >= 15 is 0 Å². The van der Waals surface area contributed by atoms with E-state index < -0.39 is 5.78 Å². The van der Waals surface area contributed by atoms with Crippen molar-refractivity contribution < 1.29 is 14.3 Å². The molecule has 0 atom stereocenters. The molecule has 0 unspecified atom stereocenters. The van der Waals surface area contributed by atoms with Crippen LogP contribution < -0.4 is 10.2 Å². The van der Waals surface area contributed by atoms with Crippen LogP contribution in [0.25, 0.3) is 0 Å². The number of benzene rings is 2. The molecule has 7 heteroatoms. The monoisotopic (exact) mass is 364 g/mol. The van der Waals surface area contributed by atoms with Crippen molar-refractivity contribution in [3.8, 4) is 5.75 Å². The molecule has 0 aliphatic carbocycles. The number of aliphatic imine (C=N–C) groups is 1. The molecule has 0 spiro atoms. The lowest BCUT2D eigenvalue weighted by Gasteiger charge is -2.27. The highest BCUT2D eigenvalue weighted by Gasteiger charge is 2.21. The summed E-state index contributed by atoms with van der Waals surface area (Å²) in [5, 5.41) is 20.5. The topological polar surface area (TPSA) is 88.8 Å². The molecule has 2 aromatic carbocycles. The number of nitrogens with zero attached hydrogens (tertiary/aromatic N) is 2. The van der Waals surface area contributed by atoms with Gasteiger partial charge in [0.1, 0.15) is 23.9 Å². The van der Waals surface area contributed by atoms with Gasteiger partial charge in [0.2, 0.25) is 5.78 Å². The Bertz CT molecular complexity index is 949.